The topological polar surface area (TPSA) is 28.7 Å². The van der Waals surface area contributed by atoms with Crippen molar-refractivity contribution in [3.8, 4) is 0 Å². The molecule has 0 spiro atoms. The van der Waals surface area contributed by atoms with Crippen LogP contribution in [0.15, 0.2) is 35.2 Å². The monoisotopic (exact) mass is 274 g/mol. The standard InChI is InChI=1S/C13H11BrN2/c14-11-4-3-9-1-2-10(13(9)6-11)5-12-7-15-8-16-12/h3-8H,1-2H2,(H,15,16)/b10-5+. The van der Waals surface area contributed by atoms with Crippen molar-refractivity contribution in [3.63, 3.8) is 0 Å². The van der Waals surface area contributed by atoms with Crippen LogP contribution in [0.3, 0.4) is 0 Å². The van der Waals surface area contributed by atoms with Gasteiger partial charge in [-0.25, -0.2) is 4.98 Å². The highest BCUT2D eigenvalue weighted by Gasteiger charge is 2.16. The molecule has 0 fully saturated rings. The maximum absolute atomic E-state index is 4.23. The van der Waals surface area contributed by atoms with Crippen LogP contribution in [0.25, 0.3) is 11.6 Å². The molecule has 0 bridgehead atoms. The zero-order chi connectivity index (χ0) is 11.0. The first-order valence-electron chi connectivity index (χ1n) is 5.31. The van der Waals surface area contributed by atoms with Crippen LogP contribution in [-0.4, -0.2) is 9.97 Å². The third kappa shape index (κ3) is 1.71. The molecule has 0 saturated carbocycles. The SMILES string of the molecule is Brc1ccc2c(c1)/C(=C/c1c[nH]cn1)CC2. The molecule has 1 aliphatic carbocycles. The Morgan fingerprint density at radius 2 is 2.25 bits per heavy atom. The minimum Gasteiger partial charge on any atom is -0.351 e. The fraction of sp³-hybridized carbons (Fsp3) is 0.154. The number of hydrogen-bond acceptors (Lipinski definition) is 1. The quantitative estimate of drug-likeness (QED) is 0.845. The summed E-state index contributed by atoms with van der Waals surface area (Å²) in [7, 11) is 0. The molecule has 3 heteroatoms. The van der Waals surface area contributed by atoms with E-state index in [4.69, 9.17) is 0 Å². The second kappa shape index (κ2) is 3.91. The minimum absolute atomic E-state index is 1.00. The Kier molecular flexibility index (Phi) is 2.40. The zero-order valence-electron chi connectivity index (χ0n) is 8.70. The van der Waals surface area contributed by atoms with Crippen LogP contribution in [0.4, 0.5) is 0 Å². The maximum atomic E-state index is 4.23. The Balaban J connectivity index is 2.05. The average molecular weight is 275 g/mol. The van der Waals surface area contributed by atoms with Gasteiger partial charge in [-0.1, -0.05) is 22.0 Å². The number of nitrogens with zero attached hydrogens (tertiary/aromatic N) is 1. The van der Waals surface area contributed by atoms with Gasteiger partial charge in [-0.15, -0.1) is 0 Å². The average Bonchev–Trinajstić information content (AvgIpc) is 2.90. The number of imidazole rings is 1. The van der Waals surface area contributed by atoms with Crippen molar-refractivity contribution < 1.29 is 0 Å². The van der Waals surface area contributed by atoms with E-state index in [1.807, 2.05) is 6.20 Å². The van der Waals surface area contributed by atoms with Crippen molar-refractivity contribution in [2.45, 2.75) is 12.8 Å². The van der Waals surface area contributed by atoms with Crippen LogP contribution in [0, 0.1) is 0 Å². The van der Waals surface area contributed by atoms with E-state index < -0.39 is 0 Å². The molecule has 0 saturated heterocycles. The highest BCUT2D eigenvalue weighted by atomic mass is 79.9. The Labute approximate surface area is 103 Å². The number of benzene rings is 1. The van der Waals surface area contributed by atoms with E-state index in [-0.39, 0.29) is 0 Å². The van der Waals surface area contributed by atoms with Crippen LogP contribution < -0.4 is 0 Å². The molecule has 2 aromatic rings. The lowest BCUT2D eigenvalue weighted by atomic mass is 10.1. The second-order valence-electron chi connectivity index (χ2n) is 3.97. The molecule has 0 amide bonds. The zero-order valence-corrected chi connectivity index (χ0v) is 10.3. The van der Waals surface area contributed by atoms with Crippen molar-refractivity contribution in [1.82, 2.24) is 9.97 Å². The van der Waals surface area contributed by atoms with Gasteiger partial charge >= 0.3 is 0 Å². The van der Waals surface area contributed by atoms with Crippen LogP contribution in [0.1, 0.15) is 23.2 Å². The molecular formula is C13H11BrN2. The van der Waals surface area contributed by atoms with Crippen LogP contribution in [0.5, 0.6) is 0 Å². The molecule has 1 aliphatic rings. The highest BCUT2D eigenvalue weighted by Crippen LogP contribution is 2.34. The molecule has 1 aromatic heterocycles. The van der Waals surface area contributed by atoms with Crippen molar-refractivity contribution in [1.29, 1.82) is 0 Å². The molecule has 1 heterocycles. The number of hydrogen-bond donors (Lipinski definition) is 1. The molecular weight excluding hydrogens is 264 g/mol. The van der Waals surface area contributed by atoms with Gasteiger partial charge in [0.2, 0.25) is 0 Å². The van der Waals surface area contributed by atoms with Gasteiger partial charge in [0, 0.05) is 10.7 Å². The lowest BCUT2D eigenvalue weighted by molar-refractivity contribution is 1.08. The Hall–Kier alpha value is -1.35. The van der Waals surface area contributed by atoms with Gasteiger partial charge < -0.3 is 4.98 Å². The number of fused-ring (bicyclic) bond motifs is 1. The van der Waals surface area contributed by atoms with E-state index in [0.717, 1.165) is 23.0 Å². The number of aromatic amines is 1. The second-order valence-corrected chi connectivity index (χ2v) is 4.88. The fourth-order valence-corrected chi connectivity index (χ4v) is 2.51. The summed E-state index contributed by atoms with van der Waals surface area (Å²) in [5, 5.41) is 0. The lowest BCUT2D eigenvalue weighted by Crippen LogP contribution is -1.81. The molecule has 80 valence electrons. The van der Waals surface area contributed by atoms with Crippen LogP contribution in [0.2, 0.25) is 0 Å². The first kappa shape index (κ1) is 9.85. The number of H-pyrrole nitrogens is 1. The molecule has 3 rings (SSSR count). The maximum Gasteiger partial charge on any atom is 0.0927 e. The Bertz CT molecular complexity index is 541. The molecule has 0 radical (unpaired) electrons. The van der Waals surface area contributed by atoms with Crippen molar-refractivity contribution in [3.05, 3.63) is 52.0 Å². The summed E-state index contributed by atoms with van der Waals surface area (Å²) in [5.41, 5.74) is 5.17. The van der Waals surface area contributed by atoms with E-state index in [2.05, 4.69) is 50.2 Å². The van der Waals surface area contributed by atoms with E-state index in [1.165, 1.54) is 16.7 Å². The third-order valence-electron chi connectivity index (χ3n) is 2.92. The van der Waals surface area contributed by atoms with Gasteiger partial charge in [0.05, 0.1) is 12.0 Å². The lowest BCUT2D eigenvalue weighted by Gasteiger charge is -2.01. The summed E-state index contributed by atoms with van der Waals surface area (Å²) in [6, 6.07) is 6.50. The van der Waals surface area contributed by atoms with Crippen molar-refractivity contribution in [2.75, 3.05) is 0 Å². The number of allylic oxidation sites excluding steroid dienone is 1. The summed E-state index contributed by atoms with van der Waals surface area (Å²) in [4.78, 5) is 7.21. The highest BCUT2D eigenvalue weighted by molar-refractivity contribution is 9.10. The molecule has 1 N–H and O–H groups in total. The van der Waals surface area contributed by atoms with Crippen LogP contribution >= 0.6 is 15.9 Å². The Morgan fingerprint density at radius 1 is 1.31 bits per heavy atom. The Morgan fingerprint density at radius 3 is 3.06 bits per heavy atom. The third-order valence-corrected chi connectivity index (χ3v) is 3.42. The number of aryl methyl sites for hydroxylation is 1. The summed E-state index contributed by atoms with van der Waals surface area (Å²) >= 11 is 3.52. The van der Waals surface area contributed by atoms with E-state index in [1.54, 1.807) is 6.33 Å². The first-order valence-corrected chi connectivity index (χ1v) is 6.10. The predicted molar refractivity (Wildman–Crippen MR) is 68.9 cm³/mol. The van der Waals surface area contributed by atoms with Crippen LogP contribution in [-0.2, 0) is 6.42 Å². The number of aromatic nitrogens is 2. The van der Waals surface area contributed by atoms with Crippen molar-refractivity contribution in [2.24, 2.45) is 0 Å². The summed E-state index contributed by atoms with van der Waals surface area (Å²) < 4.78 is 1.14. The number of rotatable bonds is 1. The summed E-state index contributed by atoms with van der Waals surface area (Å²) in [6.45, 7) is 0. The summed E-state index contributed by atoms with van der Waals surface area (Å²) in [5.74, 6) is 0. The molecule has 16 heavy (non-hydrogen) atoms. The largest absolute Gasteiger partial charge is 0.351 e. The molecule has 1 aromatic carbocycles. The smallest absolute Gasteiger partial charge is 0.0927 e. The molecule has 2 nitrogen and oxygen atoms in total. The summed E-state index contributed by atoms with van der Waals surface area (Å²) in [6.07, 6.45) is 8.04. The van der Waals surface area contributed by atoms with Gasteiger partial charge in [0.25, 0.3) is 0 Å². The van der Waals surface area contributed by atoms with Gasteiger partial charge in [-0.05, 0) is 47.8 Å². The number of halogens is 1. The normalized spacial score (nSPS) is 16.7. The van der Waals surface area contributed by atoms with E-state index in [9.17, 15) is 0 Å². The molecule has 0 unspecified atom stereocenters. The predicted octanol–water partition coefficient (Wildman–Crippen LogP) is 3.66. The van der Waals surface area contributed by atoms with Gasteiger partial charge in [0.1, 0.15) is 0 Å². The fourth-order valence-electron chi connectivity index (χ4n) is 2.15. The van der Waals surface area contributed by atoms with Gasteiger partial charge in [0.15, 0.2) is 0 Å². The van der Waals surface area contributed by atoms with Crippen molar-refractivity contribution >= 4 is 27.6 Å². The van der Waals surface area contributed by atoms with E-state index >= 15 is 0 Å². The number of nitrogens with one attached hydrogen (secondary N) is 1. The van der Waals surface area contributed by atoms with E-state index in [0.29, 0.717) is 0 Å². The van der Waals surface area contributed by atoms with Gasteiger partial charge in [-0.2, -0.15) is 0 Å². The first-order chi connectivity index (χ1) is 7.83. The molecule has 0 atom stereocenters. The minimum atomic E-state index is 1.00. The molecule has 0 aliphatic heterocycles. The van der Waals surface area contributed by atoms with Gasteiger partial charge in [-0.3, -0.25) is 0 Å².